The van der Waals surface area contributed by atoms with Gasteiger partial charge in [-0.05, 0) is 43.2 Å². The van der Waals surface area contributed by atoms with E-state index in [0.29, 0.717) is 17.8 Å². The van der Waals surface area contributed by atoms with Crippen molar-refractivity contribution in [1.29, 1.82) is 0 Å². The summed E-state index contributed by atoms with van der Waals surface area (Å²) in [6.07, 6.45) is 2.57. The zero-order valence-corrected chi connectivity index (χ0v) is 10.8. The molecule has 0 spiro atoms. The summed E-state index contributed by atoms with van der Waals surface area (Å²) in [6.45, 7) is 2.55. The van der Waals surface area contributed by atoms with Crippen LogP contribution in [-0.2, 0) is 6.42 Å². The van der Waals surface area contributed by atoms with Crippen LogP contribution in [0.1, 0.15) is 21.6 Å². The Labute approximate surface area is 111 Å². The maximum absolute atomic E-state index is 12.6. The highest BCUT2D eigenvalue weighted by Gasteiger charge is 2.26. The van der Waals surface area contributed by atoms with E-state index in [0.717, 1.165) is 17.8 Å². The zero-order chi connectivity index (χ0) is 13.4. The van der Waals surface area contributed by atoms with E-state index < -0.39 is 0 Å². The maximum atomic E-state index is 12.6. The van der Waals surface area contributed by atoms with Crippen molar-refractivity contribution in [3.63, 3.8) is 0 Å². The fraction of sp³-hybridized carbons (Fsp3) is 0.200. The number of carbonyl (C=O) groups is 1. The second-order valence-electron chi connectivity index (χ2n) is 4.73. The molecule has 2 N–H and O–H groups in total. The van der Waals surface area contributed by atoms with Gasteiger partial charge in [-0.15, -0.1) is 0 Å². The Balaban J connectivity index is 2.00. The number of hydrogen-bond acceptors (Lipinski definition) is 3. The van der Waals surface area contributed by atoms with E-state index in [1.807, 2.05) is 31.2 Å². The van der Waals surface area contributed by atoms with Crippen LogP contribution in [0.15, 0.2) is 36.5 Å². The molecule has 2 aromatic rings. The number of rotatable bonds is 1. The van der Waals surface area contributed by atoms with Crippen LogP contribution < -0.4 is 10.6 Å². The third-order valence-corrected chi connectivity index (χ3v) is 3.49. The Kier molecular flexibility index (Phi) is 2.71. The number of amides is 1. The number of nitrogens with zero attached hydrogens (tertiary/aromatic N) is 2. The lowest BCUT2D eigenvalue weighted by atomic mass is 10.1. The van der Waals surface area contributed by atoms with E-state index >= 15 is 0 Å². The number of nitrogen functional groups attached to an aromatic ring is 1. The average Bonchev–Trinajstić information content (AvgIpc) is 2.81. The molecule has 1 aromatic heterocycles. The van der Waals surface area contributed by atoms with Crippen LogP contribution >= 0.6 is 0 Å². The highest BCUT2D eigenvalue weighted by atomic mass is 16.2. The molecule has 0 saturated heterocycles. The van der Waals surface area contributed by atoms with Gasteiger partial charge in [0.05, 0.1) is 5.56 Å². The molecule has 96 valence electrons. The lowest BCUT2D eigenvalue weighted by Crippen LogP contribution is -2.29. The minimum atomic E-state index is -0.00468. The van der Waals surface area contributed by atoms with Crippen LogP contribution in [0, 0.1) is 6.92 Å². The molecule has 3 rings (SSSR count). The first-order valence-electron chi connectivity index (χ1n) is 6.28. The summed E-state index contributed by atoms with van der Waals surface area (Å²) in [5, 5.41) is 0. The number of anilines is 2. The molecule has 0 radical (unpaired) electrons. The Morgan fingerprint density at radius 2 is 2.21 bits per heavy atom. The largest absolute Gasteiger partial charge is 0.399 e. The second kappa shape index (κ2) is 4.39. The predicted octanol–water partition coefficient (Wildman–Crippen LogP) is 2.18. The molecule has 1 aliphatic rings. The lowest BCUT2D eigenvalue weighted by Gasteiger charge is -2.18. The van der Waals surface area contributed by atoms with E-state index in [9.17, 15) is 4.79 Å². The highest BCUT2D eigenvalue weighted by Crippen LogP contribution is 2.31. The highest BCUT2D eigenvalue weighted by molar-refractivity contribution is 6.08. The topological polar surface area (TPSA) is 59.2 Å². The average molecular weight is 253 g/mol. The van der Waals surface area contributed by atoms with E-state index in [4.69, 9.17) is 5.73 Å². The zero-order valence-electron chi connectivity index (χ0n) is 10.8. The van der Waals surface area contributed by atoms with Gasteiger partial charge in [-0.1, -0.05) is 6.07 Å². The fourth-order valence-corrected chi connectivity index (χ4v) is 2.46. The number of aromatic nitrogens is 1. The Morgan fingerprint density at radius 3 is 3.00 bits per heavy atom. The first kappa shape index (κ1) is 11.7. The smallest absolute Gasteiger partial charge is 0.260 e. The molecule has 19 heavy (non-hydrogen) atoms. The number of aryl methyl sites for hydroxylation is 1. The normalized spacial score (nSPS) is 13.4. The summed E-state index contributed by atoms with van der Waals surface area (Å²) in [7, 11) is 0. The minimum Gasteiger partial charge on any atom is -0.399 e. The van der Waals surface area contributed by atoms with E-state index in [1.54, 1.807) is 17.2 Å². The first-order valence-corrected chi connectivity index (χ1v) is 6.28. The number of pyridine rings is 1. The molecule has 0 bridgehead atoms. The van der Waals surface area contributed by atoms with E-state index in [1.165, 1.54) is 5.56 Å². The van der Waals surface area contributed by atoms with Crippen molar-refractivity contribution in [2.75, 3.05) is 17.2 Å². The van der Waals surface area contributed by atoms with Crippen LogP contribution in [0.2, 0.25) is 0 Å². The summed E-state index contributed by atoms with van der Waals surface area (Å²) < 4.78 is 0. The van der Waals surface area contributed by atoms with Gasteiger partial charge in [0.2, 0.25) is 0 Å². The van der Waals surface area contributed by atoms with Gasteiger partial charge in [-0.25, -0.2) is 0 Å². The van der Waals surface area contributed by atoms with Crippen molar-refractivity contribution in [2.45, 2.75) is 13.3 Å². The number of nitrogens with two attached hydrogens (primary N) is 1. The number of carbonyl (C=O) groups excluding carboxylic acids is 1. The van der Waals surface area contributed by atoms with Gasteiger partial charge in [0.25, 0.3) is 5.91 Å². The molecule has 4 heteroatoms. The molecule has 1 aliphatic heterocycles. The fourth-order valence-electron chi connectivity index (χ4n) is 2.46. The van der Waals surface area contributed by atoms with Crippen LogP contribution in [-0.4, -0.2) is 17.4 Å². The Bertz CT molecular complexity index is 652. The lowest BCUT2D eigenvalue weighted by molar-refractivity contribution is 0.0988. The van der Waals surface area contributed by atoms with Gasteiger partial charge < -0.3 is 10.6 Å². The minimum absolute atomic E-state index is 0.00468. The molecule has 1 amide bonds. The summed E-state index contributed by atoms with van der Waals surface area (Å²) in [5.74, 6) is -0.00468. The van der Waals surface area contributed by atoms with Gasteiger partial charge in [-0.3, -0.25) is 9.78 Å². The van der Waals surface area contributed by atoms with E-state index in [-0.39, 0.29) is 5.91 Å². The van der Waals surface area contributed by atoms with Gasteiger partial charge in [-0.2, -0.15) is 0 Å². The van der Waals surface area contributed by atoms with Crippen LogP contribution in [0.25, 0.3) is 0 Å². The Morgan fingerprint density at radius 1 is 1.37 bits per heavy atom. The molecule has 0 fully saturated rings. The molecular weight excluding hydrogens is 238 g/mol. The van der Waals surface area contributed by atoms with Crippen LogP contribution in [0.4, 0.5) is 11.4 Å². The third kappa shape index (κ3) is 1.95. The van der Waals surface area contributed by atoms with Crippen molar-refractivity contribution in [3.05, 3.63) is 53.3 Å². The van der Waals surface area contributed by atoms with Gasteiger partial charge in [0.15, 0.2) is 0 Å². The molecule has 0 saturated carbocycles. The maximum Gasteiger partial charge on any atom is 0.260 e. The second-order valence-corrected chi connectivity index (χ2v) is 4.73. The number of benzene rings is 1. The van der Waals surface area contributed by atoms with Crippen molar-refractivity contribution >= 4 is 17.3 Å². The Hall–Kier alpha value is -2.36. The van der Waals surface area contributed by atoms with Crippen molar-refractivity contribution in [2.24, 2.45) is 0 Å². The number of fused-ring (bicyclic) bond motifs is 1. The summed E-state index contributed by atoms with van der Waals surface area (Å²) in [6, 6.07) is 9.34. The van der Waals surface area contributed by atoms with Crippen molar-refractivity contribution < 1.29 is 4.79 Å². The van der Waals surface area contributed by atoms with Crippen molar-refractivity contribution in [1.82, 2.24) is 4.98 Å². The first-order chi connectivity index (χ1) is 9.16. The van der Waals surface area contributed by atoms with Crippen LogP contribution in [0.3, 0.4) is 0 Å². The summed E-state index contributed by atoms with van der Waals surface area (Å²) in [5.41, 5.74) is 9.99. The SMILES string of the molecule is Cc1ncccc1C(=O)N1CCc2ccc(N)cc21. The molecular formula is C15H15N3O. The molecule has 1 aromatic carbocycles. The standard InChI is InChI=1S/C15H15N3O/c1-10-13(3-2-7-17-10)15(19)18-8-6-11-4-5-12(16)9-14(11)18/h2-5,7,9H,6,8,16H2,1H3. The van der Waals surface area contributed by atoms with Crippen molar-refractivity contribution in [3.8, 4) is 0 Å². The molecule has 0 unspecified atom stereocenters. The molecule has 0 aliphatic carbocycles. The van der Waals surface area contributed by atoms with Gasteiger partial charge in [0, 0.05) is 29.8 Å². The van der Waals surface area contributed by atoms with Gasteiger partial charge in [0.1, 0.15) is 0 Å². The van der Waals surface area contributed by atoms with E-state index in [2.05, 4.69) is 4.98 Å². The van der Waals surface area contributed by atoms with Gasteiger partial charge >= 0.3 is 0 Å². The molecule has 2 heterocycles. The molecule has 4 nitrogen and oxygen atoms in total. The quantitative estimate of drug-likeness (QED) is 0.792. The predicted molar refractivity (Wildman–Crippen MR) is 75.2 cm³/mol. The monoisotopic (exact) mass is 253 g/mol. The third-order valence-electron chi connectivity index (χ3n) is 3.49. The molecule has 0 atom stereocenters. The van der Waals surface area contributed by atoms with Crippen LogP contribution in [0.5, 0.6) is 0 Å². The summed E-state index contributed by atoms with van der Waals surface area (Å²) >= 11 is 0. The number of hydrogen-bond donors (Lipinski definition) is 1. The summed E-state index contributed by atoms with van der Waals surface area (Å²) in [4.78, 5) is 18.5.